The zero-order valence-corrected chi connectivity index (χ0v) is 16.5. The summed E-state index contributed by atoms with van der Waals surface area (Å²) < 4.78 is 2.17. The van der Waals surface area contributed by atoms with Crippen molar-refractivity contribution in [3.63, 3.8) is 0 Å². The highest BCUT2D eigenvalue weighted by atomic mass is 79.9. The van der Waals surface area contributed by atoms with E-state index in [4.69, 9.17) is 9.98 Å². The molecular weight excluding hydrogens is 428 g/mol. The van der Waals surface area contributed by atoms with Crippen LogP contribution >= 0.6 is 31.9 Å². The molecule has 1 spiro atoms. The summed E-state index contributed by atoms with van der Waals surface area (Å²) in [6.07, 6.45) is 5.86. The summed E-state index contributed by atoms with van der Waals surface area (Å²) in [4.78, 5) is 10.3. The monoisotopic (exact) mass is 444 g/mol. The van der Waals surface area contributed by atoms with Crippen LogP contribution in [0.25, 0.3) is 0 Å². The molecule has 0 radical (unpaired) electrons. The van der Waals surface area contributed by atoms with Crippen LogP contribution < -0.4 is 0 Å². The largest absolute Gasteiger partial charge is 0.253 e. The molecule has 0 saturated heterocycles. The number of hydrogen-bond acceptors (Lipinski definition) is 2. The maximum Gasteiger partial charge on any atom is 0.151 e. The summed E-state index contributed by atoms with van der Waals surface area (Å²) in [5.41, 5.74) is 4.12. The molecule has 1 aliphatic carbocycles. The summed E-state index contributed by atoms with van der Waals surface area (Å²) in [7, 11) is 0. The molecule has 0 unspecified atom stereocenters. The van der Waals surface area contributed by atoms with Crippen LogP contribution in [-0.4, -0.2) is 17.1 Å². The Hall–Kier alpha value is -1.26. The van der Waals surface area contributed by atoms with Crippen molar-refractivity contribution in [3.8, 4) is 0 Å². The van der Waals surface area contributed by atoms with Gasteiger partial charge in [-0.1, -0.05) is 62.5 Å². The van der Waals surface area contributed by atoms with Crippen LogP contribution in [0.4, 0.5) is 0 Å². The molecule has 0 N–H and O–H groups in total. The van der Waals surface area contributed by atoms with E-state index in [1.807, 2.05) is 0 Å². The van der Waals surface area contributed by atoms with Crippen LogP contribution in [0.3, 0.4) is 0 Å². The zero-order chi connectivity index (χ0) is 16.6. The van der Waals surface area contributed by atoms with Gasteiger partial charge < -0.3 is 0 Å². The molecule has 1 aliphatic heterocycles. The minimum absolute atomic E-state index is 0.233. The van der Waals surface area contributed by atoms with Gasteiger partial charge in [0.1, 0.15) is 0 Å². The van der Waals surface area contributed by atoms with Gasteiger partial charge in [0.2, 0.25) is 0 Å². The van der Waals surface area contributed by atoms with Crippen LogP contribution in [0.15, 0.2) is 67.5 Å². The van der Waals surface area contributed by atoms with Crippen LogP contribution in [0.2, 0.25) is 0 Å². The van der Waals surface area contributed by atoms with E-state index in [0.717, 1.165) is 44.3 Å². The lowest BCUT2D eigenvalue weighted by Gasteiger charge is -2.27. The average Bonchev–Trinajstić information content (AvgIpc) is 2.96. The standard InChI is InChI=1S/C20H18Br2N2/c21-16-8-4-14(5-9-16)18-19(15-6-10-17(22)11-7-15)24-20(23-18)12-2-1-3-13-20/h4-11H,1-3,12-13H2. The number of hydrogen-bond donors (Lipinski definition) is 0. The molecule has 122 valence electrons. The third-order valence-corrected chi connectivity index (χ3v) is 5.81. The van der Waals surface area contributed by atoms with Gasteiger partial charge in [0.25, 0.3) is 0 Å². The lowest BCUT2D eigenvalue weighted by molar-refractivity contribution is 0.316. The Bertz CT molecular complexity index is 735. The van der Waals surface area contributed by atoms with Crippen molar-refractivity contribution < 1.29 is 0 Å². The Kier molecular flexibility index (Phi) is 4.44. The number of rotatable bonds is 2. The number of benzene rings is 2. The predicted octanol–water partition coefficient (Wildman–Crippen LogP) is 6.16. The molecule has 0 aromatic heterocycles. The van der Waals surface area contributed by atoms with Crippen molar-refractivity contribution in [1.29, 1.82) is 0 Å². The molecular formula is C20H18Br2N2. The first-order valence-corrected chi connectivity index (χ1v) is 9.96. The van der Waals surface area contributed by atoms with Crippen molar-refractivity contribution in [3.05, 3.63) is 68.6 Å². The molecule has 0 bridgehead atoms. The van der Waals surface area contributed by atoms with Crippen molar-refractivity contribution in [2.24, 2.45) is 9.98 Å². The van der Waals surface area contributed by atoms with E-state index in [1.54, 1.807) is 0 Å². The van der Waals surface area contributed by atoms with Gasteiger partial charge in [-0.25, -0.2) is 0 Å². The fraction of sp³-hybridized carbons (Fsp3) is 0.300. The van der Waals surface area contributed by atoms with Gasteiger partial charge in [-0.05, 0) is 49.9 Å². The molecule has 2 aliphatic rings. The third-order valence-electron chi connectivity index (χ3n) is 4.75. The van der Waals surface area contributed by atoms with E-state index in [9.17, 15) is 0 Å². The zero-order valence-electron chi connectivity index (χ0n) is 13.3. The van der Waals surface area contributed by atoms with E-state index in [-0.39, 0.29) is 5.66 Å². The Morgan fingerprint density at radius 2 is 1.04 bits per heavy atom. The molecule has 0 atom stereocenters. The second kappa shape index (κ2) is 6.57. The van der Waals surface area contributed by atoms with Crippen LogP contribution in [-0.2, 0) is 0 Å². The first kappa shape index (κ1) is 16.2. The minimum Gasteiger partial charge on any atom is -0.253 e. The highest BCUT2D eigenvalue weighted by molar-refractivity contribution is 9.10. The Morgan fingerprint density at radius 1 is 0.625 bits per heavy atom. The summed E-state index contributed by atoms with van der Waals surface area (Å²) in [5.74, 6) is 0. The first-order valence-electron chi connectivity index (χ1n) is 8.37. The lowest BCUT2D eigenvalue weighted by atomic mass is 9.90. The normalized spacial score (nSPS) is 19.2. The van der Waals surface area contributed by atoms with Crippen LogP contribution in [0.5, 0.6) is 0 Å². The van der Waals surface area contributed by atoms with Crippen molar-refractivity contribution in [1.82, 2.24) is 0 Å². The summed E-state index contributed by atoms with van der Waals surface area (Å²) in [5, 5.41) is 0. The minimum atomic E-state index is -0.233. The summed E-state index contributed by atoms with van der Waals surface area (Å²) in [6, 6.07) is 16.8. The van der Waals surface area contributed by atoms with Crippen LogP contribution in [0, 0.1) is 0 Å². The molecule has 4 rings (SSSR count). The lowest BCUT2D eigenvalue weighted by Crippen LogP contribution is -2.25. The van der Waals surface area contributed by atoms with Gasteiger partial charge in [0.05, 0.1) is 11.4 Å². The number of nitrogens with zero attached hydrogens (tertiary/aromatic N) is 2. The molecule has 4 heteroatoms. The second-order valence-corrected chi connectivity index (χ2v) is 8.31. The fourth-order valence-corrected chi connectivity index (χ4v) is 4.04. The summed E-state index contributed by atoms with van der Waals surface area (Å²) >= 11 is 7.03. The van der Waals surface area contributed by atoms with Gasteiger partial charge >= 0.3 is 0 Å². The molecule has 1 heterocycles. The molecule has 1 saturated carbocycles. The van der Waals surface area contributed by atoms with Gasteiger partial charge in [0, 0.05) is 20.1 Å². The Labute approximate surface area is 159 Å². The highest BCUT2D eigenvalue weighted by Gasteiger charge is 2.37. The van der Waals surface area contributed by atoms with Gasteiger partial charge in [-0.15, -0.1) is 0 Å². The second-order valence-electron chi connectivity index (χ2n) is 6.48. The molecule has 2 nitrogen and oxygen atoms in total. The number of halogens is 2. The van der Waals surface area contributed by atoms with E-state index in [1.165, 1.54) is 19.3 Å². The molecule has 1 fully saturated rings. The molecule has 24 heavy (non-hydrogen) atoms. The maximum atomic E-state index is 5.15. The fourth-order valence-electron chi connectivity index (χ4n) is 3.51. The maximum absolute atomic E-state index is 5.15. The average molecular weight is 446 g/mol. The van der Waals surface area contributed by atoms with Crippen molar-refractivity contribution in [2.45, 2.75) is 37.8 Å². The Morgan fingerprint density at radius 3 is 1.46 bits per heavy atom. The SMILES string of the molecule is Brc1ccc(C2=NC3(CCCCC3)N=C2c2ccc(Br)cc2)cc1. The van der Waals surface area contributed by atoms with Gasteiger partial charge in [0.15, 0.2) is 5.66 Å². The first-order chi connectivity index (χ1) is 11.7. The molecule has 2 aromatic carbocycles. The highest BCUT2D eigenvalue weighted by Crippen LogP contribution is 2.38. The molecule has 0 amide bonds. The Balaban J connectivity index is 1.81. The van der Waals surface area contributed by atoms with Crippen LogP contribution in [0.1, 0.15) is 43.2 Å². The quantitative estimate of drug-likeness (QED) is 0.528. The number of aliphatic imine (C=N–C) groups is 2. The third kappa shape index (κ3) is 3.14. The van der Waals surface area contributed by atoms with E-state index in [2.05, 4.69) is 80.4 Å². The summed E-state index contributed by atoms with van der Waals surface area (Å²) in [6.45, 7) is 0. The van der Waals surface area contributed by atoms with E-state index >= 15 is 0 Å². The smallest absolute Gasteiger partial charge is 0.151 e. The molecule has 2 aromatic rings. The van der Waals surface area contributed by atoms with Crippen molar-refractivity contribution >= 4 is 43.3 Å². The van der Waals surface area contributed by atoms with E-state index < -0.39 is 0 Å². The van der Waals surface area contributed by atoms with Crippen molar-refractivity contribution in [2.75, 3.05) is 0 Å². The van der Waals surface area contributed by atoms with E-state index in [0.29, 0.717) is 0 Å². The van der Waals surface area contributed by atoms with Gasteiger partial charge in [-0.2, -0.15) is 0 Å². The predicted molar refractivity (Wildman–Crippen MR) is 107 cm³/mol. The topological polar surface area (TPSA) is 24.7 Å². The van der Waals surface area contributed by atoms with Gasteiger partial charge in [-0.3, -0.25) is 9.98 Å².